The highest BCUT2D eigenvalue weighted by atomic mass is 32.2. The first kappa shape index (κ1) is 15.7. The van der Waals surface area contributed by atoms with Gasteiger partial charge in [0, 0.05) is 11.5 Å². The zero-order chi connectivity index (χ0) is 16.6. The standard InChI is InChI=1S/C15H17N3O4S/c1-9(2)23(20,21)12-5-3-4-11(8-12)14-17-18-15(22-14)16-13(19)10-6-7-10/h3-5,8-10H,6-7H2,1-2H3,(H,16,18,19). The van der Waals surface area contributed by atoms with Crippen LogP contribution < -0.4 is 5.32 Å². The van der Waals surface area contributed by atoms with Crippen LogP contribution in [0.4, 0.5) is 6.01 Å². The second-order valence-electron chi connectivity index (χ2n) is 5.80. The van der Waals surface area contributed by atoms with E-state index in [4.69, 9.17) is 4.42 Å². The fourth-order valence-electron chi connectivity index (χ4n) is 2.02. The Bertz CT molecular complexity index is 838. The van der Waals surface area contributed by atoms with E-state index >= 15 is 0 Å². The SMILES string of the molecule is CC(C)S(=O)(=O)c1cccc(-c2nnc(NC(=O)C3CC3)o2)c1. The van der Waals surface area contributed by atoms with Crippen LogP contribution in [0.25, 0.3) is 11.5 Å². The highest BCUT2D eigenvalue weighted by molar-refractivity contribution is 7.92. The molecule has 1 aliphatic carbocycles. The Labute approximate surface area is 134 Å². The van der Waals surface area contributed by atoms with Crippen LogP contribution in [0, 0.1) is 5.92 Å². The van der Waals surface area contributed by atoms with E-state index in [1.807, 2.05) is 0 Å². The minimum atomic E-state index is -3.38. The second-order valence-corrected chi connectivity index (χ2v) is 8.30. The molecule has 8 heteroatoms. The average molecular weight is 335 g/mol. The molecule has 122 valence electrons. The zero-order valence-electron chi connectivity index (χ0n) is 12.8. The monoisotopic (exact) mass is 335 g/mol. The molecule has 0 spiro atoms. The molecule has 1 aliphatic rings. The summed E-state index contributed by atoms with van der Waals surface area (Å²) in [5.41, 5.74) is 0.492. The van der Waals surface area contributed by atoms with E-state index in [9.17, 15) is 13.2 Å². The van der Waals surface area contributed by atoms with Crippen molar-refractivity contribution in [2.45, 2.75) is 36.8 Å². The minimum absolute atomic E-state index is 0.0222. The van der Waals surface area contributed by atoms with Gasteiger partial charge >= 0.3 is 6.01 Å². The van der Waals surface area contributed by atoms with Gasteiger partial charge in [-0.1, -0.05) is 11.2 Å². The molecule has 0 saturated heterocycles. The zero-order valence-corrected chi connectivity index (χ0v) is 13.6. The predicted octanol–water partition coefficient (Wildman–Crippen LogP) is 2.27. The van der Waals surface area contributed by atoms with Crippen LogP contribution >= 0.6 is 0 Å². The van der Waals surface area contributed by atoms with E-state index in [-0.39, 0.29) is 28.6 Å². The van der Waals surface area contributed by atoms with Crippen LogP contribution in [0.3, 0.4) is 0 Å². The van der Waals surface area contributed by atoms with Crippen molar-refractivity contribution in [3.63, 3.8) is 0 Å². The third kappa shape index (κ3) is 3.26. The Morgan fingerprint density at radius 1 is 1.30 bits per heavy atom. The molecule has 2 aromatic rings. The smallest absolute Gasteiger partial charge is 0.322 e. The summed E-state index contributed by atoms with van der Waals surface area (Å²) >= 11 is 0. The number of nitrogens with one attached hydrogen (secondary N) is 1. The van der Waals surface area contributed by atoms with Gasteiger partial charge < -0.3 is 4.42 Å². The molecule has 1 aromatic carbocycles. The molecular weight excluding hydrogens is 318 g/mol. The fourth-order valence-corrected chi connectivity index (χ4v) is 3.13. The first-order valence-electron chi connectivity index (χ1n) is 7.36. The van der Waals surface area contributed by atoms with Crippen molar-refractivity contribution in [1.29, 1.82) is 0 Å². The summed E-state index contributed by atoms with van der Waals surface area (Å²) < 4.78 is 29.8. The molecule has 1 aromatic heterocycles. The highest BCUT2D eigenvalue weighted by Gasteiger charge is 2.30. The largest absolute Gasteiger partial charge is 0.403 e. The van der Waals surface area contributed by atoms with Crippen LogP contribution in [-0.2, 0) is 14.6 Å². The fraction of sp³-hybridized carbons (Fsp3) is 0.400. The number of aromatic nitrogens is 2. The second kappa shape index (κ2) is 5.77. The van der Waals surface area contributed by atoms with E-state index in [0.717, 1.165) is 12.8 Å². The van der Waals surface area contributed by atoms with Crippen LogP contribution in [0.5, 0.6) is 0 Å². The number of carbonyl (C=O) groups is 1. The van der Waals surface area contributed by atoms with Crippen LogP contribution in [-0.4, -0.2) is 29.8 Å². The van der Waals surface area contributed by atoms with E-state index in [1.54, 1.807) is 26.0 Å². The number of carbonyl (C=O) groups excluding carboxylic acids is 1. The molecule has 1 saturated carbocycles. The number of hydrogen-bond donors (Lipinski definition) is 1. The maximum Gasteiger partial charge on any atom is 0.322 e. The normalized spacial score (nSPS) is 14.9. The molecule has 0 atom stereocenters. The van der Waals surface area contributed by atoms with Gasteiger partial charge in [-0.3, -0.25) is 10.1 Å². The Balaban J connectivity index is 1.85. The number of rotatable bonds is 5. The van der Waals surface area contributed by atoms with Crippen LogP contribution in [0.1, 0.15) is 26.7 Å². The van der Waals surface area contributed by atoms with Crippen molar-refractivity contribution in [3.05, 3.63) is 24.3 Å². The first-order valence-corrected chi connectivity index (χ1v) is 8.91. The number of hydrogen-bond acceptors (Lipinski definition) is 6. The molecule has 1 fully saturated rings. The van der Waals surface area contributed by atoms with Gasteiger partial charge in [-0.15, -0.1) is 5.10 Å². The van der Waals surface area contributed by atoms with Gasteiger partial charge in [0.25, 0.3) is 0 Å². The first-order chi connectivity index (χ1) is 10.9. The van der Waals surface area contributed by atoms with Crippen molar-refractivity contribution >= 4 is 21.8 Å². The molecule has 0 radical (unpaired) electrons. The van der Waals surface area contributed by atoms with Gasteiger partial charge in [0.2, 0.25) is 11.8 Å². The topological polar surface area (TPSA) is 102 Å². The van der Waals surface area contributed by atoms with Gasteiger partial charge in [-0.25, -0.2) is 8.42 Å². The molecular formula is C15H17N3O4S. The van der Waals surface area contributed by atoms with Gasteiger partial charge in [0.15, 0.2) is 9.84 Å². The van der Waals surface area contributed by atoms with E-state index in [0.29, 0.717) is 5.56 Å². The van der Waals surface area contributed by atoms with E-state index < -0.39 is 15.1 Å². The highest BCUT2D eigenvalue weighted by Crippen LogP contribution is 2.30. The summed E-state index contributed by atoms with van der Waals surface area (Å²) in [7, 11) is -3.38. The lowest BCUT2D eigenvalue weighted by atomic mass is 10.2. The lowest BCUT2D eigenvalue weighted by molar-refractivity contribution is -0.117. The van der Waals surface area contributed by atoms with Crippen molar-refractivity contribution in [2.24, 2.45) is 5.92 Å². The molecule has 23 heavy (non-hydrogen) atoms. The summed E-state index contributed by atoms with van der Waals surface area (Å²) in [6.07, 6.45) is 1.75. The quantitative estimate of drug-likeness (QED) is 0.899. The van der Waals surface area contributed by atoms with Crippen molar-refractivity contribution in [3.8, 4) is 11.5 Å². The number of amides is 1. The summed E-state index contributed by atoms with van der Waals surface area (Å²) in [4.78, 5) is 11.9. The maximum atomic E-state index is 12.2. The third-order valence-electron chi connectivity index (χ3n) is 3.63. The number of sulfone groups is 1. The predicted molar refractivity (Wildman–Crippen MR) is 83.4 cm³/mol. The Morgan fingerprint density at radius 2 is 2.04 bits per heavy atom. The Morgan fingerprint density at radius 3 is 2.70 bits per heavy atom. The Hall–Kier alpha value is -2.22. The van der Waals surface area contributed by atoms with Crippen molar-refractivity contribution in [2.75, 3.05) is 5.32 Å². The molecule has 1 amide bonds. The number of anilines is 1. The third-order valence-corrected chi connectivity index (χ3v) is 5.79. The van der Waals surface area contributed by atoms with Crippen LogP contribution in [0.2, 0.25) is 0 Å². The average Bonchev–Trinajstić information content (AvgIpc) is 3.27. The molecule has 1 N–H and O–H groups in total. The van der Waals surface area contributed by atoms with Gasteiger partial charge in [0.1, 0.15) is 0 Å². The molecule has 0 unspecified atom stereocenters. The lowest BCUT2D eigenvalue weighted by Crippen LogP contribution is -2.13. The number of nitrogens with zero attached hydrogens (tertiary/aromatic N) is 2. The van der Waals surface area contributed by atoms with Gasteiger partial charge in [-0.05, 0) is 44.9 Å². The lowest BCUT2D eigenvalue weighted by Gasteiger charge is -2.08. The molecule has 7 nitrogen and oxygen atoms in total. The summed E-state index contributed by atoms with van der Waals surface area (Å²) in [5, 5.41) is 9.67. The maximum absolute atomic E-state index is 12.2. The summed E-state index contributed by atoms with van der Waals surface area (Å²) in [6.45, 7) is 3.25. The molecule has 0 bridgehead atoms. The van der Waals surface area contributed by atoms with Crippen molar-refractivity contribution < 1.29 is 17.6 Å². The summed E-state index contributed by atoms with van der Waals surface area (Å²) in [6, 6.07) is 6.35. The van der Waals surface area contributed by atoms with Crippen LogP contribution in [0.15, 0.2) is 33.6 Å². The molecule has 3 rings (SSSR count). The van der Waals surface area contributed by atoms with Crippen molar-refractivity contribution in [1.82, 2.24) is 10.2 Å². The number of benzene rings is 1. The van der Waals surface area contributed by atoms with E-state index in [1.165, 1.54) is 12.1 Å². The molecule has 1 heterocycles. The van der Waals surface area contributed by atoms with Gasteiger partial charge in [-0.2, -0.15) is 0 Å². The van der Waals surface area contributed by atoms with Gasteiger partial charge in [0.05, 0.1) is 10.1 Å². The minimum Gasteiger partial charge on any atom is -0.403 e. The summed E-state index contributed by atoms with van der Waals surface area (Å²) in [5.74, 6) is 0.0677. The molecule has 0 aliphatic heterocycles. The van der Waals surface area contributed by atoms with E-state index in [2.05, 4.69) is 15.5 Å². The Kier molecular flexibility index (Phi) is 3.93.